The van der Waals surface area contributed by atoms with Crippen LogP contribution in [-0.4, -0.2) is 35.5 Å². The Bertz CT molecular complexity index is 624. The van der Waals surface area contributed by atoms with Crippen molar-refractivity contribution in [3.05, 3.63) is 34.9 Å². The lowest BCUT2D eigenvalue weighted by molar-refractivity contribution is -0.126. The van der Waals surface area contributed by atoms with Crippen LogP contribution >= 0.6 is 11.3 Å². The van der Waals surface area contributed by atoms with E-state index in [9.17, 15) is 4.79 Å². The summed E-state index contributed by atoms with van der Waals surface area (Å²) < 4.78 is 0. The quantitative estimate of drug-likeness (QED) is 0.851. The molecule has 1 atom stereocenters. The van der Waals surface area contributed by atoms with Crippen LogP contribution in [0.15, 0.2) is 29.9 Å². The number of carbonyl (C=O) groups excluding carboxylic acids is 1. The summed E-state index contributed by atoms with van der Waals surface area (Å²) in [5, 5.41) is 9.32. The van der Waals surface area contributed by atoms with E-state index in [2.05, 4.69) is 26.0 Å². The van der Waals surface area contributed by atoms with E-state index in [1.54, 1.807) is 23.7 Å². The second-order valence-corrected chi connectivity index (χ2v) is 6.55. The molecule has 2 aromatic heterocycles. The molecular formula is C16H20N4OS. The van der Waals surface area contributed by atoms with Crippen molar-refractivity contribution in [3.63, 3.8) is 0 Å². The molecule has 1 aliphatic heterocycles. The minimum atomic E-state index is 0.0879. The summed E-state index contributed by atoms with van der Waals surface area (Å²) in [5.74, 6) is 0.723. The number of aromatic nitrogens is 2. The summed E-state index contributed by atoms with van der Waals surface area (Å²) in [5.41, 5.74) is 2.05. The Morgan fingerprint density at radius 1 is 1.45 bits per heavy atom. The van der Waals surface area contributed by atoms with Gasteiger partial charge in [-0.1, -0.05) is 6.92 Å². The lowest BCUT2D eigenvalue weighted by atomic mass is 9.88. The third-order valence-corrected chi connectivity index (χ3v) is 5.01. The molecule has 1 amide bonds. The highest BCUT2D eigenvalue weighted by Crippen LogP contribution is 2.21. The summed E-state index contributed by atoms with van der Waals surface area (Å²) in [7, 11) is 0. The van der Waals surface area contributed by atoms with E-state index < -0.39 is 0 Å². The van der Waals surface area contributed by atoms with Crippen LogP contribution in [-0.2, 0) is 11.2 Å². The molecule has 0 bridgehead atoms. The lowest BCUT2D eigenvalue weighted by Gasteiger charge is -2.31. The number of amides is 1. The molecule has 1 unspecified atom stereocenters. The van der Waals surface area contributed by atoms with Gasteiger partial charge in [0.1, 0.15) is 0 Å². The molecule has 0 spiro atoms. The smallest absolute Gasteiger partial charge is 0.223 e. The summed E-state index contributed by atoms with van der Waals surface area (Å²) >= 11 is 1.63. The Balaban J connectivity index is 1.48. The molecule has 0 aliphatic carbocycles. The summed E-state index contributed by atoms with van der Waals surface area (Å²) in [6.45, 7) is 4.56. The Kier molecular flexibility index (Phi) is 4.80. The number of nitrogens with one attached hydrogen (secondary N) is 2. The number of carbonyl (C=O) groups is 1. The molecule has 5 nitrogen and oxygen atoms in total. The average molecular weight is 316 g/mol. The summed E-state index contributed by atoms with van der Waals surface area (Å²) in [6.07, 6.45) is 4.31. The maximum Gasteiger partial charge on any atom is 0.223 e. The van der Waals surface area contributed by atoms with Crippen LogP contribution in [0.3, 0.4) is 0 Å². The number of hydrogen-bond acceptors (Lipinski definition) is 5. The second-order valence-electron chi connectivity index (χ2n) is 5.61. The SMILES string of the molecule is CC(C(=O)NCCc1nc(-c2ccncc2)cs1)C1CNC1. The van der Waals surface area contributed by atoms with E-state index >= 15 is 0 Å². The van der Waals surface area contributed by atoms with Crippen molar-refractivity contribution in [2.45, 2.75) is 13.3 Å². The van der Waals surface area contributed by atoms with Crippen molar-refractivity contribution in [2.24, 2.45) is 11.8 Å². The monoisotopic (exact) mass is 316 g/mol. The molecule has 0 saturated carbocycles. The highest BCUT2D eigenvalue weighted by atomic mass is 32.1. The topological polar surface area (TPSA) is 66.9 Å². The van der Waals surface area contributed by atoms with Crippen molar-refractivity contribution in [2.75, 3.05) is 19.6 Å². The van der Waals surface area contributed by atoms with Crippen LogP contribution in [0, 0.1) is 11.8 Å². The fraction of sp³-hybridized carbons (Fsp3) is 0.438. The van der Waals surface area contributed by atoms with Gasteiger partial charge in [0.05, 0.1) is 10.7 Å². The fourth-order valence-electron chi connectivity index (χ4n) is 2.41. The zero-order valence-corrected chi connectivity index (χ0v) is 13.4. The maximum absolute atomic E-state index is 12.0. The van der Waals surface area contributed by atoms with E-state index in [0.29, 0.717) is 12.5 Å². The summed E-state index contributed by atoms with van der Waals surface area (Å²) in [6, 6.07) is 3.91. The highest BCUT2D eigenvalue weighted by molar-refractivity contribution is 7.09. The van der Waals surface area contributed by atoms with Gasteiger partial charge in [-0.15, -0.1) is 11.3 Å². The molecule has 2 aromatic rings. The first-order valence-electron chi connectivity index (χ1n) is 7.57. The van der Waals surface area contributed by atoms with Crippen molar-refractivity contribution >= 4 is 17.2 Å². The molecule has 0 radical (unpaired) electrons. The molecule has 3 rings (SSSR count). The van der Waals surface area contributed by atoms with Crippen LogP contribution in [0.1, 0.15) is 11.9 Å². The van der Waals surface area contributed by atoms with Crippen LogP contribution in [0.5, 0.6) is 0 Å². The zero-order chi connectivity index (χ0) is 15.4. The van der Waals surface area contributed by atoms with Crippen molar-refractivity contribution < 1.29 is 4.79 Å². The Morgan fingerprint density at radius 2 is 2.23 bits per heavy atom. The van der Waals surface area contributed by atoms with Crippen molar-refractivity contribution in [3.8, 4) is 11.3 Å². The number of rotatable bonds is 6. The van der Waals surface area contributed by atoms with Gasteiger partial charge in [-0.25, -0.2) is 4.98 Å². The van der Waals surface area contributed by atoms with Gasteiger partial charge in [0.2, 0.25) is 5.91 Å². The van der Waals surface area contributed by atoms with E-state index in [-0.39, 0.29) is 11.8 Å². The minimum absolute atomic E-state index is 0.0879. The Hall–Kier alpha value is -1.79. The molecule has 116 valence electrons. The number of hydrogen-bond donors (Lipinski definition) is 2. The van der Waals surface area contributed by atoms with Gasteiger partial charge in [-0.2, -0.15) is 0 Å². The first-order valence-corrected chi connectivity index (χ1v) is 8.45. The lowest BCUT2D eigenvalue weighted by Crippen LogP contribution is -2.49. The minimum Gasteiger partial charge on any atom is -0.355 e. The third kappa shape index (κ3) is 3.51. The molecule has 0 aromatic carbocycles. The third-order valence-electron chi connectivity index (χ3n) is 4.10. The van der Waals surface area contributed by atoms with E-state index in [4.69, 9.17) is 0 Å². The summed E-state index contributed by atoms with van der Waals surface area (Å²) in [4.78, 5) is 20.7. The van der Waals surface area contributed by atoms with E-state index in [0.717, 1.165) is 35.8 Å². The normalized spacial score (nSPS) is 16.0. The van der Waals surface area contributed by atoms with Crippen molar-refractivity contribution in [1.82, 2.24) is 20.6 Å². The molecule has 22 heavy (non-hydrogen) atoms. The molecule has 1 aliphatic rings. The average Bonchev–Trinajstić information content (AvgIpc) is 2.95. The number of pyridine rings is 1. The number of nitrogens with zero attached hydrogens (tertiary/aromatic N) is 2. The highest BCUT2D eigenvalue weighted by Gasteiger charge is 2.28. The van der Waals surface area contributed by atoms with Gasteiger partial charge in [-0.05, 0) is 31.1 Å². The first kappa shape index (κ1) is 15.1. The Labute approximate surface area is 134 Å². The predicted octanol–water partition coefficient (Wildman–Crippen LogP) is 1.72. The molecule has 1 fully saturated rings. The second kappa shape index (κ2) is 6.98. The Morgan fingerprint density at radius 3 is 2.91 bits per heavy atom. The molecule has 6 heteroatoms. The van der Waals surface area contributed by atoms with Gasteiger partial charge in [0.25, 0.3) is 0 Å². The molecular weight excluding hydrogens is 296 g/mol. The van der Waals surface area contributed by atoms with Gasteiger partial charge >= 0.3 is 0 Å². The van der Waals surface area contributed by atoms with E-state index in [1.165, 1.54) is 0 Å². The molecule has 1 saturated heterocycles. The zero-order valence-electron chi connectivity index (χ0n) is 12.6. The van der Waals surface area contributed by atoms with Gasteiger partial charge in [-0.3, -0.25) is 9.78 Å². The fourth-order valence-corrected chi connectivity index (χ4v) is 3.22. The predicted molar refractivity (Wildman–Crippen MR) is 87.6 cm³/mol. The van der Waals surface area contributed by atoms with Crippen LogP contribution in [0.25, 0.3) is 11.3 Å². The standard InChI is InChI=1S/C16H20N4OS/c1-11(13-8-18-9-13)16(21)19-7-4-15-20-14(10-22-15)12-2-5-17-6-3-12/h2-3,5-6,10-11,13,18H,4,7-9H2,1H3,(H,19,21). The van der Waals surface area contributed by atoms with Crippen LogP contribution in [0.2, 0.25) is 0 Å². The van der Waals surface area contributed by atoms with E-state index in [1.807, 2.05) is 19.1 Å². The maximum atomic E-state index is 12.0. The van der Waals surface area contributed by atoms with Crippen molar-refractivity contribution in [1.29, 1.82) is 0 Å². The van der Waals surface area contributed by atoms with Gasteiger partial charge in [0, 0.05) is 42.2 Å². The largest absolute Gasteiger partial charge is 0.355 e. The number of thiazole rings is 1. The first-order chi connectivity index (χ1) is 10.7. The van der Waals surface area contributed by atoms with Crippen LogP contribution in [0.4, 0.5) is 0 Å². The van der Waals surface area contributed by atoms with Gasteiger partial charge in [0.15, 0.2) is 0 Å². The molecule has 3 heterocycles. The molecule has 2 N–H and O–H groups in total. The van der Waals surface area contributed by atoms with Gasteiger partial charge < -0.3 is 10.6 Å². The van der Waals surface area contributed by atoms with Crippen LogP contribution < -0.4 is 10.6 Å².